The third-order valence-corrected chi connectivity index (χ3v) is 13.2. The second-order valence-corrected chi connectivity index (χ2v) is 18.9. The maximum absolute atomic E-state index is 12.7. The van der Waals surface area contributed by atoms with Crippen molar-refractivity contribution in [1.82, 2.24) is 9.97 Å². The fourth-order valence-electron chi connectivity index (χ4n) is 5.43. The van der Waals surface area contributed by atoms with E-state index in [-0.39, 0.29) is 33.8 Å². The molecule has 5 aromatic rings. The summed E-state index contributed by atoms with van der Waals surface area (Å²) >= 11 is 8.45. The molecule has 0 spiro atoms. The van der Waals surface area contributed by atoms with Gasteiger partial charge in [0.25, 0.3) is 42.0 Å². The molecule has 2 aliphatic rings. The van der Waals surface area contributed by atoms with Crippen LogP contribution in [-0.4, -0.2) is 78.6 Å². The van der Waals surface area contributed by atoms with Crippen molar-refractivity contribution in [1.29, 1.82) is 0 Å². The molecule has 0 bridgehead atoms. The number of anilines is 4. The standard InChI is InChI=1S/C19H16ClN3O4S2.C14H15N3O6S3/c20-15-3-1-2-4-16(15)27-17-9-11-23(18(17)24)13-5-7-14(8-6-13)29(25,26)22-19-21-10-12-28-19;1-25(19,20)23-12-6-8-17(13(12)18)10-2-4-11(5-3-10)26(21,22)16-14-15-7-9-24-14/h1-8,10,12,17H,9,11H2,(H,21,22);2-5,7,9,12H,6,8H2,1H3,(H,15,16). The zero-order valence-electron chi connectivity index (χ0n) is 28.5. The van der Waals surface area contributed by atoms with Crippen molar-refractivity contribution in [3.05, 3.63) is 101 Å². The van der Waals surface area contributed by atoms with Crippen LogP contribution in [0.3, 0.4) is 0 Å². The molecule has 7 rings (SSSR count). The topological polar surface area (TPSA) is 211 Å². The van der Waals surface area contributed by atoms with Gasteiger partial charge in [0, 0.05) is 60.5 Å². The highest BCUT2D eigenvalue weighted by atomic mass is 35.5. The third kappa shape index (κ3) is 9.97. The molecule has 2 fully saturated rings. The minimum atomic E-state index is -3.78. The Morgan fingerprint density at radius 2 is 1.15 bits per heavy atom. The van der Waals surface area contributed by atoms with Crippen LogP contribution in [0.15, 0.2) is 106 Å². The highest BCUT2D eigenvalue weighted by Crippen LogP contribution is 2.30. The third-order valence-electron chi connectivity index (χ3n) is 7.93. The summed E-state index contributed by atoms with van der Waals surface area (Å²) in [6, 6.07) is 18.8. The first-order valence-corrected chi connectivity index (χ1v) is 23.0. The van der Waals surface area contributed by atoms with Gasteiger partial charge in [-0.1, -0.05) is 23.7 Å². The number of ether oxygens (including phenoxy) is 1. The number of nitrogens with one attached hydrogen (secondary N) is 2. The summed E-state index contributed by atoms with van der Waals surface area (Å²) < 4.78 is 87.1. The van der Waals surface area contributed by atoms with Crippen LogP contribution >= 0.6 is 34.3 Å². The highest BCUT2D eigenvalue weighted by Gasteiger charge is 2.36. The average Bonchev–Trinajstić information content (AvgIpc) is 3.97. The smallest absolute Gasteiger partial charge is 0.268 e. The molecule has 2 amide bonds. The SMILES string of the molecule is CS(=O)(=O)OC1CCN(c2ccc(S(=O)(=O)Nc3nccs3)cc2)C1=O.O=C1C(Oc2ccccc2Cl)CCN1c1ccc(S(=O)(=O)Nc2nccs2)cc1. The first-order chi connectivity index (χ1) is 26.1. The lowest BCUT2D eigenvalue weighted by molar-refractivity contribution is -0.123. The maximum atomic E-state index is 12.7. The summed E-state index contributed by atoms with van der Waals surface area (Å²) in [5, 5.41) is 4.32. The Morgan fingerprint density at radius 1 is 0.691 bits per heavy atom. The largest absolute Gasteiger partial charge is 0.479 e. The number of hydrogen-bond acceptors (Lipinski definition) is 14. The molecule has 2 atom stereocenters. The predicted octanol–water partition coefficient (Wildman–Crippen LogP) is 4.81. The molecule has 0 aliphatic carbocycles. The Morgan fingerprint density at radius 3 is 1.58 bits per heavy atom. The molecular formula is C33H31ClN6O10S5. The fraction of sp³-hybridized carbons (Fsp3) is 0.212. The second-order valence-electron chi connectivity index (χ2n) is 11.8. The summed E-state index contributed by atoms with van der Waals surface area (Å²) in [6.45, 7) is 0.750. The summed E-state index contributed by atoms with van der Waals surface area (Å²) in [4.78, 5) is 35.8. The molecule has 55 heavy (non-hydrogen) atoms. The molecule has 16 nitrogen and oxygen atoms in total. The average molecular weight is 867 g/mol. The molecule has 290 valence electrons. The summed E-state index contributed by atoms with van der Waals surface area (Å²) in [7, 11) is -11.3. The number of benzene rings is 3. The van der Waals surface area contributed by atoms with Gasteiger partial charge in [-0.2, -0.15) is 8.42 Å². The van der Waals surface area contributed by atoms with Gasteiger partial charge in [-0.15, -0.1) is 22.7 Å². The maximum Gasteiger partial charge on any atom is 0.268 e. The van der Waals surface area contributed by atoms with E-state index in [9.17, 15) is 34.8 Å². The number of sulfonamides is 2. The Kier molecular flexibility index (Phi) is 12.1. The van der Waals surface area contributed by atoms with E-state index in [0.717, 1.165) is 17.6 Å². The lowest BCUT2D eigenvalue weighted by atomic mass is 10.3. The van der Waals surface area contributed by atoms with E-state index in [4.69, 9.17) is 20.5 Å². The molecule has 2 aliphatic heterocycles. The van der Waals surface area contributed by atoms with Crippen molar-refractivity contribution in [2.45, 2.75) is 34.8 Å². The first kappa shape index (κ1) is 40.0. The van der Waals surface area contributed by atoms with Crippen LogP contribution in [0, 0.1) is 0 Å². The Balaban J connectivity index is 0.000000188. The summed E-state index contributed by atoms with van der Waals surface area (Å²) in [6.07, 6.45) is 2.95. The normalized spacial score (nSPS) is 17.5. The number of nitrogens with zero attached hydrogens (tertiary/aromatic N) is 4. The monoisotopic (exact) mass is 866 g/mol. The zero-order chi connectivity index (χ0) is 39.4. The van der Waals surface area contributed by atoms with Crippen molar-refractivity contribution in [2.24, 2.45) is 0 Å². The van der Waals surface area contributed by atoms with Crippen LogP contribution in [-0.2, 0) is 43.9 Å². The quantitative estimate of drug-likeness (QED) is 0.162. The number of thiazole rings is 2. The van der Waals surface area contributed by atoms with Crippen LogP contribution in [0.5, 0.6) is 5.75 Å². The van der Waals surface area contributed by atoms with Crippen LogP contribution in [0.4, 0.5) is 21.6 Å². The number of carbonyl (C=O) groups is 2. The van der Waals surface area contributed by atoms with Crippen LogP contribution in [0.1, 0.15) is 12.8 Å². The second kappa shape index (κ2) is 16.6. The summed E-state index contributed by atoms with van der Waals surface area (Å²) in [5.74, 6) is -0.211. The lowest BCUT2D eigenvalue weighted by Crippen LogP contribution is -2.32. The minimum absolute atomic E-state index is 0.0204. The van der Waals surface area contributed by atoms with Crippen LogP contribution in [0.25, 0.3) is 0 Å². The van der Waals surface area contributed by atoms with Crippen molar-refractivity contribution in [3.63, 3.8) is 0 Å². The van der Waals surface area contributed by atoms with E-state index < -0.39 is 48.3 Å². The molecule has 22 heteroatoms. The number of rotatable bonds is 12. The van der Waals surface area contributed by atoms with Gasteiger partial charge in [0.1, 0.15) is 5.75 Å². The Labute approximate surface area is 329 Å². The van der Waals surface area contributed by atoms with Crippen LogP contribution < -0.4 is 24.0 Å². The number of carbonyl (C=O) groups excluding carboxylic acids is 2. The predicted molar refractivity (Wildman–Crippen MR) is 208 cm³/mol. The van der Waals surface area contributed by atoms with Gasteiger partial charge in [-0.05, 0) is 60.7 Å². The number of aromatic nitrogens is 2. The fourth-order valence-corrected chi connectivity index (χ4v) is 9.79. The van der Waals surface area contributed by atoms with Gasteiger partial charge >= 0.3 is 0 Å². The first-order valence-electron chi connectivity index (χ1n) is 16.1. The Hall–Kier alpha value is -4.64. The molecule has 3 aromatic carbocycles. The van der Waals surface area contributed by atoms with E-state index in [1.807, 2.05) is 0 Å². The van der Waals surface area contributed by atoms with E-state index in [0.29, 0.717) is 40.2 Å². The number of halogens is 1. The van der Waals surface area contributed by atoms with Gasteiger partial charge in [0.15, 0.2) is 22.5 Å². The molecule has 2 N–H and O–H groups in total. The number of amides is 2. The molecule has 0 saturated carbocycles. The van der Waals surface area contributed by atoms with Gasteiger partial charge in [0.2, 0.25) is 0 Å². The van der Waals surface area contributed by atoms with E-state index in [2.05, 4.69) is 19.4 Å². The van der Waals surface area contributed by atoms with E-state index in [1.54, 1.807) is 52.1 Å². The van der Waals surface area contributed by atoms with Crippen LogP contribution in [0.2, 0.25) is 5.02 Å². The minimum Gasteiger partial charge on any atom is -0.479 e. The van der Waals surface area contributed by atoms with Gasteiger partial charge in [0.05, 0.1) is 21.1 Å². The van der Waals surface area contributed by atoms with Gasteiger partial charge in [-0.3, -0.25) is 23.2 Å². The molecule has 4 heterocycles. The van der Waals surface area contributed by atoms with Crippen molar-refractivity contribution in [3.8, 4) is 5.75 Å². The lowest BCUT2D eigenvalue weighted by Gasteiger charge is -2.18. The number of hydrogen-bond donors (Lipinski definition) is 2. The van der Waals surface area contributed by atoms with Crippen molar-refractivity contribution in [2.75, 3.05) is 38.6 Å². The Bertz CT molecular complexity index is 2470. The molecule has 2 aromatic heterocycles. The molecule has 0 radical (unpaired) electrons. The van der Waals surface area contributed by atoms with Crippen molar-refractivity contribution >= 4 is 97.9 Å². The van der Waals surface area contributed by atoms with Crippen molar-refractivity contribution < 1.29 is 43.8 Å². The van der Waals surface area contributed by atoms with E-state index >= 15 is 0 Å². The molecule has 2 saturated heterocycles. The molecule has 2 unspecified atom stereocenters. The highest BCUT2D eigenvalue weighted by molar-refractivity contribution is 7.93. The van der Waals surface area contributed by atoms with E-state index in [1.165, 1.54) is 65.0 Å². The summed E-state index contributed by atoms with van der Waals surface area (Å²) in [5.41, 5.74) is 1.07. The molecular weight excluding hydrogens is 836 g/mol. The zero-order valence-corrected chi connectivity index (χ0v) is 33.3. The van der Waals surface area contributed by atoms with Gasteiger partial charge < -0.3 is 14.5 Å². The van der Waals surface area contributed by atoms with Gasteiger partial charge in [-0.25, -0.2) is 26.8 Å². The number of para-hydroxylation sites is 1.